The van der Waals surface area contributed by atoms with Gasteiger partial charge in [-0.05, 0) is 54.2 Å². The third kappa shape index (κ3) is 6.90. The van der Waals surface area contributed by atoms with E-state index in [1.54, 1.807) is 17.7 Å². The van der Waals surface area contributed by atoms with Crippen molar-refractivity contribution in [1.29, 1.82) is 0 Å². The number of fused-ring (bicyclic) bond motifs is 6. The van der Waals surface area contributed by atoms with Crippen LogP contribution in [-0.4, -0.2) is 20.9 Å². The predicted octanol–water partition coefficient (Wildman–Crippen LogP) is 12.1. The van der Waals surface area contributed by atoms with E-state index in [2.05, 4.69) is 66.5 Å². The van der Waals surface area contributed by atoms with Crippen molar-refractivity contribution < 1.29 is 38.8 Å². The summed E-state index contributed by atoms with van der Waals surface area (Å²) >= 11 is 1.76. The Balaban J connectivity index is 0.000000251. The van der Waals surface area contributed by atoms with Crippen LogP contribution in [0.5, 0.6) is 0 Å². The second-order valence-corrected chi connectivity index (χ2v) is 15.1. The molecule has 0 aliphatic heterocycles. The summed E-state index contributed by atoms with van der Waals surface area (Å²) in [5.41, 5.74) is 4.52. The van der Waals surface area contributed by atoms with Gasteiger partial charge in [0.15, 0.2) is 16.9 Å². The van der Waals surface area contributed by atoms with E-state index in [-0.39, 0.29) is 47.9 Å². The van der Waals surface area contributed by atoms with E-state index in [4.69, 9.17) is 8.83 Å². The number of ketones is 1. The summed E-state index contributed by atoms with van der Waals surface area (Å²) in [5.74, 6) is 1.14. The van der Waals surface area contributed by atoms with Gasteiger partial charge in [0.1, 0.15) is 17.8 Å². The minimum Gasteiger partial charge on any atom is -0.512 e. The SMILES string of the molecule is CCC(C)(CC)C(=O)/C=C(\O)C(C)(CC)CC.Cc1cc2ccc3c(oc4ncnc(-c5[c-]c6ccsc6c(C(C)(C)C)c5)c43)c2o1.[Ir]. The van der Waals surface area contributed by atoms with Crippen LogP contribution >= 0.6 is 11.3 Å². The Bertz CT molecular complexity index is 2100. The van der Waals surface area contributed by atoms with Crippen LogP contribution in [0.1, 0.15) is 99.3 Å². The molecule has 0 amide bonds. The summed E-state index contributed by atoms with van der Waals surface area (Å²) in [6.45, 7) is 20.7. The molecule has 0 saturated carbocycles. The maximum Gasteiger partial charge on any atom is 0.223 e. The van der Waals surface area contributed by atoms with Gasteiger partial charge < -0.3 is 13.9 Å². The number of rotatable bonds is 8. The minimum atomic E-state index is -0.337. The van der Waals surface area contributed by atoms with Gasteiger partial charge in [-0.2, -0.15) is 11.3 Å². The van der Waals surface area contributed by atoms with E-state index >= 15 is 0 Å². The van der Waals surface area contributed by atoms with E-state index in [1.807, 2.05) is 54.5 Å². The Kier molecular flexibility index (Phi) is 11.1. The third-order valence-electron chi connectivity index (χ3n) is 10.2. The van der Waals surface area contributed by atoms with Crippen LogP contribution in [0.2, 0.25) is 0 Å². The average Bonchev–Trinajstić information content (AvgIpc) is 3.79. The van der Waals surface area contributed by atoms with Crippen molar-refractivity contribution in [2.75, 3.05) is 0 Å². The number of nitrogens with zero attached hydrogens (tertiary/aromatic N) is 2. The van der Waals surface area contributed by atoms with Crippen LogP contribution in [0.3, 0.4) is 0 Å². The molecule has 2 aromatic carbocycles. The molecule has 257 valence electrons. The Labute approximate surface area is 301 Å². The number of aliphatic hydroxyl groups is 1. The Morgan fingerprint density at radius 3 is 2.21 bits per heavy atom. The largest absolute Gasteiger partial charge is 0.512 e. The van der Waals surface area contributed by atoms with Crippen LogP contribution in [0.4, 0.5) is 0 Å². The molecule has 0 fully saturated rings. The van der Waals surface area contributed by atoms with Gasteiger partial charge in [0.2, 0.25) is 5.71 Å². The number of furan rings is 2. The van der Waals surface area contributed by atoms with Crippen LogP contribution in [0.25, 0.3) is 54.4 Å². The number of thiophene rings is 1. The molecule has 0 saturated heterocycles. The van der Waals surface area contributed by atoms with Crippen molar-refractivity contribution in [3.8, 4) is 11.3 Å². The summed E-state index contributed by atoms with van der Waals surface area (Å²) < 4.78 is 13.4. The normalized spacial score (nSPS) is 12.8. The number of carbonyl (C=O) groups is 1. The summed E-state index contributed by atoms with van der Waals surface area (Å²) in [6.07, 6.45) is 6.32. The molecule has 6 aromatic rings. The first-order valence-corrected chi connectivity index (χ1v) is 17.5. The summed E-state index contributed by atoms with van der Waals surface area (Å²) in [4.78, 5) is 21.3. The molecule has 0 bridgehead atoms. The fourth-order valence-corrected chi connectivity index (χ4v) is 6.95. The van der Waals surface area contributed by atoms with Crippen molar-refractivity contribution in [3.05, 3.63) is 71.3 Å². The summed E-state index contributed by atoms with van der Waals surface area (Å²) in [7, 11) is 0. The number of aryl methyl sites for hydroxylation is 1. The standard InChI is InChI=1S/C25H19N2O2S.C15H28O2.Ir/c1-13-9-14-5-6-17-19-20(26-12-27-24(19)29-22(17)21(14)28-13)16-10-15-7-8-30-23(15)18(11-16)25(2,3)4;1-7-14(5,8-2)12(16)11-13(17)15(6,9-3)10-4;/h5-9,11-12H,1-4H3;11,16H,7-10H2,1-6H3;/q-1;;/b;12-11-;. The van der Waals surface area contributed by atoms with Gasteiger partial charge >= 0.3 is 0 Å². The molecule has 0 spiro atoms. The fourth-order valence-electron chi connectivity index (χ4n) is 5.87. The van der Waals surface area contributed by atoms with Gasteiger partial charge in [0.25, 0.3) is 0 Å². The van der Waals surface area contributed by atoms with Crippen molar-refractivity contribution >= 4 is 60.2 Å². The molecule has 0 unspecified atom stereocenters. The molecule has 1 radical (unpaired) electrons. The van der Waals surface area contributed by atoms with E-state index in [0.29, 0.717) is 11.3 Å². The van der Waals surface area contributed by atoms with Crippen LogP contribution in [-0.2, 0) is 30.3 Å². The molecule has 4 heterocycles. The van der Waals surface area contributed by atoms with Crippen LogP contribution in [0, 0.1) is 23.8 Å². The monoisotopic (exact) mass is 844 g/mol. The van der Waals surface area contributed by atoms with E-state index < -0.39 is 0 Å². The van der Waals surface area contributed by atoms with Crippen molar-refractivity contribution in [1.82, 2.24) is 9.97 Å². The molecule has 6 rings (SSSR count). The molecule has 0 aliphatic rings. The predicted molar refractivity (Wildman–Crippen MR) is 195 cm³/mol. The number of aliphatic hydroxyl groups excluding tert-OH is 1. The van der Waals surface area contributed by atoms with Crippen LogP contribution in [0.15, 0.2) is 62.7 Å². The second kappa shape index (κ2) is 14.3. The number of allylic oxidation sites excluding steroid dienone is 2. The molecular weight excluding hydrogens is 797 g/mol. The van der Waals surface area contributed by atoms with Crippen molar-refractivity contribution in [3.63, 3.8) is 0 Å². The van der Waals surface area contributed by atoms with Gasteiger partial charge in [-0.1, -0.05) is 85.6 Å². The number of benzene rings is 2. The molecule has 48 heavy (non-hydrogen) atoms. The maximum absolute atomic E-state index is 12.2. The zero-order valence-electron chi connectivity index (χ0n) is 29.8. The van der Waals surface area contributed by atoms with E-state index in [9.17, 15) is 9.90 Å². The number of carbonyl (C=O) groups excluding carboxylic acids is 1. The zero-order chi connectivity index (χ0) is 34.3. The maximum atomic E-state index is 12.2. The van der Waals surface area contributed by atoms with Crippen LogP contribution < -0.4 is 0 Å². The Hall–Kier alpha value is -3.32. The van der Waals surface area contributed by atoms with E-state index in [1.165, 1.54) is 16.3 Å². The molecule has 1 N–H and O–H groups in total. The zero-order valence-corrected chi connectivity index (χ0v) is 33.0. The minimum absolute atomic E-state index is 0. The first-order valence-electron chi connectivity index (χ1n) is 16.7. The smallest absolute Gasteiger partial charge is 0.223 e. The average molecular weight is 844 g/mol. The third-order valence-corrected chi connectivity index (χ3v) is 11.1. The summed E-state index contributed by atoms with van der Waals surface area (Å²) in [5, 5.41) is 16.3. The Morgan fingerprint density at radius 1 is 0.917 bits per heavy atom. The molecule has 8 heteroatoms. The molecule has 6 nitrogen and oxygen atoms in total. The first kappa shape index (κ1) is 37.5. The topological polar surface area (TPSA) is 89.4 Å². The van der Waals surface area contributed by atoms with Gasteiger partial charge in [-0.25, -0.2) is 4.98 Å². The fraction of sp³-hybridized carbons (Fsp3) is 0.425. The van der Waals surface area contributed by atoms with Gasteiger partial charge in [0, 0.05) is 58.9 Å². The quantitative estimate of drug-likeness (QED) is 0.0932. The molecule has 4 aromatic heterocycles. The molecule has 0 atom stereocenters. The Morgan fingerprint density at radius 2 is 1.58 bits per heavy atom. The van der Waals surface area contributed by atoms with Crippen molar-refractivity contribution in [2.45, 2.75) is 100 Å². The van der Waals surface area contributed by atoms with E-state index in [0.717, 1.165) is 69.8 Å². The number of hydrogen-bond donors (Lipinski definition) is 1. The van der Waals surface area contributed by atoms with Gasteiger partial charge in [-0.15, -0.1) is 23.6 Å². The van der Waals surface area contributed by atoms with Gasteiger partial charge in [0.05, 0.1) is 0 Å². The second-order valence-electron chi connectivity index (χ2n) is 14.2. The number of aromatic nitrogens is 2. The molecular formula is C40H47IrN2O4S-. The number of hydrogen-bond acceptors (Lipinski definition) is 7. The first-order chi connectivity index (χ1) is 22.2. The summed E-state index contributed by atoms with van der Waals surface area (Å²) in [6, 6.07) is 14.1. The van der Waals surface area contributed by atoms with Gasteiger partial charge in [-0.3, -0.25) is 9.78 Å². The van der Waals surface area contributed by atoms with Crippen molar-refractivity contribution in [2.24, 2.45) is 10.8 Å². The molecule has 0 aliphatic carbocycles.